The molecule has 1 aliphatic rings. The van der Waals surface area contributed by atoms with Crippen molar-refractivity contribution in [3.63, 3.8) is 0 Å². The second kappa shape index (κ2) is 4.22. The molecule has 0 atom stereocenters. The molecule has 0 amide bonds. The van der Waals surface area contributed by atoms with Gasteiger partial charge in [-0.2, -0.15) is 0 Å². The molecule has 0 unspecified atom stereocenters. The Morgan fingerprint density at radius 1 is 1.31 bits per heavy atom. The van der Waals surface area contributed by atoms with Gasteiger partial charge in [-0.3, -0.25) is 0 Å². The van der Waals surface area contributed by atoms with Crippen LogP contribution in [0.25, 0.3) is 0 Å². The standard InChI is InChI=1S/C12H13BO3/c1-12(2)15-8-11(16-12)7-14-10-5-3-9(13)4-6-10/h3-7H,8H2,1-2H3/b11-7-. The lowest BCUT2D eigenvalue weighted by atomic mass is 9.97. The first-order valence-electron chi connectivity index (χ1n) is 5.09. The predicted molar refractivity (Wildman–Crippen MR) is 61.7 cm³/mol. The normalized spacial score (nSPS) is 20.8. The Kier molecular flexibility index (Phi) is 2.92. The van der Waals surface area contributed by atoms with Crippen LogP contribution in [0, 0.1) is 0 Å². The maximum atomic E-state index is 5.56. The monoisotopic (exact) mass is 216 g/mol. The van der Waals surface area contributed by atoms with Crippen LogP contribution >= 0.6 is 0 Å². The summed E-state index contributed by atoms with van der Waals surface area (Å²) in [6.07, 6.45) is 1.56. The summed E-state index contributed by atoms with van der Waals surface area (Å²) in [6, 6.07) is 7.16. The molecule has 2 rings (SSSR count). The van der Waals surface area contributed by atoms with E-state index in [0.717, 1.165) is 5.75 Å². The molecule has 1 heterocycles. The Bertz CT molecular complexity index is 395. The van der Waals surface area contributed by atoms with Crippen molar-refractivity contribution in [3.05, 3.63) is 36.3 Å². The first kappa shape index (κ1) is 11.1. The highest BCUT2D eigenvalue weighted by molar-refractivity contribution is 6.32. The van der Waals surface area contributed by atoms with Crippen molar-refractivity contribution < 1.29 is 14.2 Å². The van der Waals surface area contributed by atoms with Gasteiger partial charge >= 0.3 is 0 Å². The largest absolute Gasteiger partial charge is 0.462 e. The zero-order valence-electron chi connectivity index (χ0n) is 9.40. The zero-order valence-corrected chi connectivity index (χ0v) is 9.40. The van der Waals surface area contributed by atoms with Gasteiger partial charge in [0, 0.05) is 13.8 Å². The summed E-state index contributed by atoms with van der Waals surface area (Å²) >= 11 is 0. The van der Waals surface area contributed by atoms with Crippen LogP contribution in [0.3, 0.4) is 0 Å². The molecule has 1 aromatic rings. The van der Waals surface area contributed by atoms with E-state index in [2.05, 4.69) is 0 Å². The summed E-state index contributed by atoms with van der Waals surface area (Å²) in [5.41, 5.74) is 0.710. The summed E-state index contributed by atoms with van der Waals surface area (Å²) < 4.78 is 16.3. The molecule has 0 spiro atoms. The van der Waals surface area contributed by atoms with Gasteiger partial charge in [0.1, 0.15) is 26.5 Å². The molecule has 16 heavy (non-hydrogen) atoms. The quantitative estimate of drug-likeness (QED) is 0.553. The fourth-order valence-corrected chi connectivity index (χ4v) is 1.36. The van der Waals surface area contributed by atoms with Gasteiger partial charge in [-0.1, -0.05) is 17.6 Å². The maximum absolute atomic E-state index is 5.56. The molecule has 0 bridgehead atoms. The maximum Gasteiger partial charge on any atom is 0.205 e. The van der Waals surface area contributed by atoms with E-state index in [-0.39, 0.29) is 0 Å². The minimum Gasteiger partial charge on any atom is -0.462 e. The summed E-state index contributed by atoms with van der Waals surface area (Å²) in [4.78, 5) is 0. The molecular weight excluding hydrogens is 203 g/mol. The van der Waals surface area contributed by atoms with E-state index >= 15 is 0 Å². The third kappa shape index (κ3) is 2.79. The van der Waals surface area contributed by atoms with Crippen LogP contribution in [0.1, 0.15) is 13.8 Å². The molecule has 0 saturated carbocycles. The average Bonchev–Trinajstić information content (AvgIpc) is 2.58. The second-order valence-electron chi connectivity index (χ2n) is 4.06. The first-order valence-corrected chi connectivity index (χ1v) is 5.09. The van der Waals surface area contributed by atoms with Gasteiger partial charge in [-0.05, 0) is 12.1 Å². The Morgan fingerprint density at radius 3 is 2.56 bits per heavy atom. The van der Waals surface area contributed by atoms with Gasteiger partial charge < -0.3 is 14.2 Å². The van der Waals surface area contributed by atoms with E-state index in [0.29, 0.717) is 17.8 Å². The zero-order chi connectivity index (χ0) is 11.6. The Labute approximate surface area is 96.4 Å². The van der Waals surface area contributed by atoms with Crippen LogP contribution in [-0.4, -0.2) is 20.2 Å². The fourth-order valence-electron chi connectivity index (χ4n) is 1.36. The molecule has 1 fully saturated rings. The topological polar surface area (TPSA) is 27.7 Å². The van der Waals surface area contributed by atoms with E-state index < -0.39 is 5.79 Å². The molecule has 0 aliphatic carbocycles. The van der Waals surface area contributed by atoms with Gasteiger partial charge in [-0.15, -0.1) is 0 Å². The summed E-state index contributed by atoms with van der Waals surface area (Å²) in [5, 5.41) is 0. The highest BCUT2D eigenvalue weighted by atomic mass is 16.7. The van der Waals surface area contributed by atoms with Crippen molar-refractivity contribution >= 4 is 13.3 Å². The lowest BCUT2D eigenvalue weighted by Gasteiger charge is -2.15. The number of ether oxygens (including phenoxy) is 3. The Morgan fingerprint density at radius 2 is 2.00 bits per heavy atom. The second-order valence-corrected chi connectivity index (χ2v) is 4.06. The number of benzene rings is 1. The lowest BCUT2D eigenvalue weighted by molar-refractivity contribution is -0.117. The molecule has 0 aromatic heterocycles. The molecule has 2 radical (unpaired) electrons. The molecule has 1 aromatic carbocycles. The van der Waals surface area contributed by atoms with Crippen LogP contribution in [0.4, 0.5) is 0 Å². The Hall–Kier alpha value is -1.42. The van der Waals surface area contributed by atoms with Gasteiger partial charge in [0.15, 0.2) is 5.76 Å². The highest BCUT2D eigenvalue weighted by Gasteiger charge is 2.29. The molecular formula is C12H13BO3. The van der Waals surface area contributed by atoms with Crippen molar-refractivity contribution in [2.24, 2.45) is 0 Å². The highest BCUT2D eigenvalue weighted by Crippen LogP contribution is 2.24. The lowest BCUT2D eigenvalue weighted by Crippen LogP contribution is -2.18. The molecule has 0 N–H and O–H groups in total. The average molecular weight is 216 g/mol. The fraction of sp³-hybridized carbons (Fsp3) is 0.333. The molecule has 3 nitrogen and oxygen atoms in total. The molecule has 1 aliphatic heterocycles. The van der Waals surface area contributed by atoms with Crippen LogP contribution in [-0.2, 0) is 9.47 Å². The van der Waals surface area contributed by atoms with E-state index in [1.165, 1.54) is 0 Å². The minimum atomic E-state index is -0.559. The van der Waals surface area contributed by atoms with Crippen LogP contribution in [0.5, 0.6) is 5.75 Å². The van der Waals surface area contributed by atoms with Crippen molar-refractivity contribution in [3.8, 4) is 5.75 Å². The van der Waals surface area contributed by atoms with Crippen molar-refractivity contribution in [1.82, 2.24) is 0 Å². The number of hydrogen-bond donors (Lipinski definition) is 0. The first-order chi connectivity index (χ1) is 7.55. The SMILES string of the molecule is [B]c1ccc(O/C=C2/COC(C)(C)O2)cc1. The molecule has 1 saturated heterocycles. The number of rotatable bonds is 2. The predicted octanol–water partition coefficient (Wildman–Crippen LogP) is 1.48. The summed E-state index contributed by atoms with van der Waals surface area (Å²) in [7, 11) is 5.56. The van der Waals surface area contributed by atoms with Crippen LogP contribution < -0.4 is 10.2 Å². The van der Waals surface area contributed by atoms with E-state index in [1.54, 1.807) is 30.5 Å². The smallest absolute Gasteiger partial charge is 0.205 e. The van der Waals surface area contributed by atoms with Crippen LogP contribution in [0.2, 0.25) is 0 Å². The van der Waals surface area contributed by atoms with Crippen molar-refractivity contribution in [1.29, 1.82) is 0 Å². The van der Waals surface area contributed by atoms with Crippen molar-refractivity contribution in [2.45, 2.75) is 19.6 Å². The Balaban J connectivity index is 1.97. The molecule has 82 valence electrons. The van der Waals surface area contributed by atoms with Gasteiger partial charge in [0.25, 0.3) is 0 Å². The van der Waals surface area contributed by atoms with Gasteiger partial charge in [-0.25, -0.2) is 0 Å². The summed E-state index contributed by atoms with van der Waals surface area (Å²) in [6.45, 7) is 4.15. The third-order valence-electron chi connectivity index (χ3n) is 2.15. The summed E-state index contributed by atoms with van der Waals surface area (Å²) in [5.74, 6) is 0.841. The van der Waals surface area contributed by atoms with E-state index in [9.17, 15) is 0 Å². The van der Waals surface area contributed by atoms with Crippen LogP contribution in [0.15, 0.2) is 36.3 Å². The molecule has 4 heteroatoms. The van der Waals surface area contributed by atoms with Gasteiger partial charge in [0.2, 0.25) is 5.79 Å². The van der Waals surface area contributed by atoms with E-state index in [1.807, 2.05) is 13.8 Å². The minimum absolute atomic E-state index is 0.433. The number of hydrogen-bond acceptors (Lipinski definition) is 3. The van der Waals surface area contributed by atoms with Crippen molar-refractivity contribution in [2.75, 3.05) is 6.61 Å². The van der Waals surface area contributed by atoms with E-state index in [4.69, 9.17) is 22.1 Å². The van der Waals surface area contributed by atoms with Gasteiger partial charge in [0.05, 0.1) is 0 Å². The third-order valence-corrected chi connectivity index (χ3v) is 2.15.